The SMILES string of the molecule is CCOc1c(I)cc(C=Nc2ccc(Oc3ccccc3)cc2)cc1OC. The van der Waals surface area contributed by atoms with Crippen LogP contribution in [-0.4, -0.2) is 19.9 Å². The maximum atomic E-state index is 5.79. The predicted octanol–water partition coefficient (Wildman–Crippen LogP) is 6.24. The van der Waals surface area contributed by atoms with Crippen LogP contribution in [0.5, 0.6) is 23.0 Å². The molecule has 0 aliphatic carbocycles. The van der Waals surface area contributed by atoms with Gasteiger partial charge in [-0.25, -0.2) is 0 Å². The van der Waals surface area contributed by atoms with Gasteiger partial charge in [0.25, 0.3) is 0 Å². The molecule has 0 fully saturated rings. The number of ether oxygens (including phenoxy) is 3. The molecule has 0 spiro atoms. The average Bonchev–Trinajstić information content (AvgIpc) is 2.70. The summed E-state index contributed by atoms with van der Waals surface area (Å²) < 4.78 is 17.9. The topological polar surface area (TPSA) is 40.0 Å². The van der Waals surface area contributed by atoms with Crippen LogP contribution in [-0.2, 0) is 0 Å². The van der Waals surface area contributed by atoms with Gasteiger partial charge in [0.2, 0.25) is 0 Å². The first-order valence-electron chi connectivity index (χ1n) is 8.57. The Morgan fingerprint density at radius 2 is 1.67 bits per heavy atom. The van der Waals surface area contributed by atoms with Crippen LogP contribution in [0.3, 0.4) is 0 Å². The standard InChI is InChI=1S/C22H20INO3/c1-3-26-22-20(23)13-16(14-21(22)25-2)15-24-17-9-11-19(12-10-17)27-18-7-5-4-6-8-18/h4-15H,3H2,1-2H3. The van der Waals surface area contributed by atoms with Crippen LogP contribution in [0.4, 0.5) is 5.69 Å². The number of para-hydroxylation sites is 1. The molecule has 3 aromatic carbocycles. The Hall–Kier alpha value is -2.54. The fraction of sp³-hybridized carbons (Fsp3) is 0.136. The van der Waals surface area contributed by atoms with E-state index in [-0.39, 0.29) is 0 Å². The Kier molecular flexibility index (Phi) is 6.70. The molecule has 0 N–H and O–H groups in total. The fourth-order valence-electron chi connectivity index (χ4n) is 2.47. The first kappa shape index (κ1) is 19.2. The van der Waals surface area contributed by atoms with Gasteiger partial charge in [-0.05, 0) is 83.6 Å². The van der Waals surface area contributed by atoms with E-state index in [4.69, 9.17) is 14.2 Å². The molecule has 0 saturated carbocycles. The highest BCUT2D eigenvalue weighted by Gasteiger charge is 2.10. The van der Waals surface area contributed by atoms with Gasteiger partial charge in [-0.1, -0.05) is 18.2 Å². The molecule has 4 nitrogen and oxygen atoms in total. The number of halogens is 1. The van der Waals surface area contributed by atoms with Gasteiger partial charge < -0.3 is 14.2 Å². The molecule has 3 rings (SSSR count). The van der Waals surface area contributed by atoms with Gasteiger partial charge in [0.1, 0.15) is 11.5 Å². The van der Waals surface area contributed by atoms with Crippen molar-refractivity contribution in [3.05, 3.63) is 75.9 Å². The molecule has 0 saturated heterocycles. The summed E-state index contributed by atoms with van der Waals surface area (Å²) in [7, 11) is 1.64. The summed E-state index contributed by atoms with van der Waals surface area (Å²) in [6.45, 7) is 2.55. The van der Waals surface area contributed by atoms with Crippen molar-refractivity contribution in [3.63, 3.8) is 0 Å². The van der Waals surface area contributed by atoms with E-state index in [9.17, 15) is 0 Å². The summed E-state index contributed by atoms with van der Waals surface area (Å²) in [4.78, 5) is 4.54. The summed E-state index contributed by atoms with van der Waals surface area (Å²) in [5.41, 5.74) is 1.79. The normalized spacial score (nSPS) is 10.8. The lowest BCUT2D eigenvalue weighted by molar-refractivity contribution is 0.308. The first-order chi connectivity index (χ1) is 13.2. The Bertz CT molecular complexity index is 909. The van der Waals surface area contributed by atoms with Crippen molar-refractivity contribution in [1.29, 1.82) is 0 Å². The Balaban J connectivity index is 1.73. The minimum Gasteiger partial charge on any atom is -0.493 e. The van der Waals surface area contributed by atoms with Crippen molar-refractivity contribution in [3.8, 4) is 23.0 Å². The zero-order valence-corrected chi connectivity index (χ0v) is 17.3. The monoisotopic (exact) mass is 473 g/mol. The summed E-state index contributed by atoms with van der Waals surface area (Å²) in [6.07, 6.45) is 1.81. The Morgan fingerprint density at radius 3 is 2.33 bits per heavy atom. The van der Waals surface area contributed by atoms with Crippen LogP contribution in [0.25, 0.3) is 0 Å². The van der Waals surface area contributed by atoms with E-state index in [0.717, 1.165) is 32.1 Å². The first-order valence-corrected chi connectivity index (χ1v) is 9.65. The molecule has 0 aromatic heterocycles. The van der Waals surface area contributed by atoms with Crippen LogP contribution in [0, 0.1) is 3.57 Å². The molecule has 0 heterocycles. The molecule has 0 atom stereocenters. The van der Waals surface area contributed by atoms with Crippen molar-refractivity contribution in [2.24, 2.45) is 4.99 Å². The highest BCUT2D eigenvalue weighted by Crippen LogP contribution is 2.33. The molecule has 5 heteroatoms. The highest BCUT2D eigenvalue weighted by molar-refractivity contribution is 14.1. The lowest BCUT2D eigenvalue weighted by Gasteiger charge is -2.12. The van der Waals surface area contributed by atoms with Crippen molar-refractivity contribution in [2.75, 3.05) is 13.7 Å². The molecular weight excluding hydrogens is 453 g/mol. The van der Waals surface area contributed by atoms with E-state index in [1.165, 1.54) is 0 Å². The van der Waals surface area contributed by atoms with Gasteiger partial charge in [0, 0.05) is 6.21 Å². The molecule has 0 aliphatic heterocycles. The van der Waals surface area contributed by atoms with E-state index < -0.39 is 0 Å². The lowest BCUT2D eigenvalue weighted by atomic mass is 10.2. The largest absolute Gasteiger partial charge is 0.493 e. The lowest BCUT2D eigenvalue weighted by Crippen LogP contribution is -1.99. The number of rotatable bonds is 7. The van der Waals surface area contributed by atoms with Crippen molar-refractivity contribution < 1.29 is 14.2 Å². The van der Waals surface area contributed by atoms with Gasteiger partial charge in [0.15, 0.2) is 11.5 Å². The van der Waals surface area contributed by atoms with Gasteiger partial charge in [-0.15, -0.1) is 0 Å². The Labute approximate surface area is 173 Å². The maximum absolute atomic E-state index is 5.79. The van der Waals surface area contributed by atoms with Crippen LogP contribution in [0.2, 0.25) is 0 Å². The van der Waals surface area contributed by atoms with Gasteiger partial charge in [-0.3, -0.25) is 4.99 Å². The molecule has 0 bridgehead atoms. The molecule has 3 aromatic rings. The second-order valence-corrected chi connectivity index (χ2v) is 6.80. The molecule has 0 unspecified atom stereocenters. The zero-order chi connectivity index (χ0) is 19.1. The predicted molar refractivity (Wildman–Crippen MR) is 117 cm³/mol. The van der Waals surface area contributed by atoms with Crippen molar-refractivity contribution in [1.82, 2.24) is 0 Å². The molecule has 27 heavy (non-hydrogen) atoms. The van der Waals surface area contributed by atoms with Gasteiger partial charge in [-0.2, -0.15) is 0 Å². The van der Waals surface area contributed by atoms with E-state index in [2.05, 4.69) is 27.6 Å². The summed E-state index contributed by atoms with van der Waals surface area (Å²) >= 11 is 2.24. The van der Waals surface area contributed by atoms with E-state index >= 15 is 0 Å². The van der Waals surface area contributed by atoms with Gasteiger partial charge >= 0.3 is 0 Å². The second kappa shape index (κ2) is 9.41. The fourth-order valence-corrected chi connectivity index (χ4v) is 3.25. The molecule has 138 valence electrons. The van der Waals surface area contributed by atoms with Crippen LogP contribution in [0.15, 0.2) is 71.7 Å². The third kappa shape index (κ3) is 5.23. The van der Waals surface area contributed by atoms with E-state index in [1.807, 2.05) is 79.9 Å². The number of nitrogens with zero attached hydrogens (tertiary/aromatic N) is 1. The third-order valence-corrected chi connectivity index (χ3v) is 4.52. The number of hydrogen-bond donors (Lipinski definition) is 0. The minimum atomic E-state index is 0.594. The molecular formula is C22H20INO3. The van der Waals surface area contributed by atoms with Crippen LogP contribution >= 0.6 is 22.6 Å². The van der Waals surface area contributed by atoms with Crippen LogP contribution in [0.1, 0.15) is 12.5 Å². The second-order valence-electron chi connectivity index (χ2n) is 5.63. The van der Waals surface area contributed by atoms with Crippen molar-refractivity contribution in [2.45, 2.75) is 6.92 Å². The molecule has 0 amide bonds. The highest BCUT2D eigenvalue weighted by atomic mass is 127. The molecule has 0 aliphatic rings. The number of benzene rings is 3. The maximum Gasteiger partial charge on any atom is 0.174 e. The molecule has 0 radical (unpaired) electrons. The number of hydrogen-bond acceptors (Lipinski definition) is 4. The quantitative estimate of drug-likeness (QED) is 0.301. The van der Waals surface area contributed by atoms with Crippen molar-refractivity contribution >= 4 is 34.5 Å². The van der Waals surface area contributed by atoms with Gasteiger partial charge in [0.05, 0.1) is 23.0 Å². The minimum absolute atomic E-state index is 0.594. The Morgan fingerprint density at radius 1 is 0.963 bits per heavy atom. The third-order valence-electron chi connectivity index (χ3n) is 3.72. The summed E-state index contributed by atoms with van der Waals surface area (Å²) in [6, 6.07) is 21.3. The number of methoxy groups -OCH3 is 1. The summed E-state index contributed by atoms with van der Waals surface area (Å²) in [5, 5.41) is 0. The van der Waals surface area contributed by atoms with E-state index in [1.54, 1.807) is 7.11 Å². The smallest absolute Gasteiger partial charge is 0.174 e. The number of aliphatic imine (C=N–C) groups is 1. The summed E-state index contributed by atoms with van der Waals surface area (Å²) in [5.74, 6) is 3.05. The zero-order valence-electron chi connectivity index (χ0n) is 15.2. The average molecular weight is 473 g/mol. The van der Waals surface area contributed by atoms with Crippen LogP contribution < -0.4 is 14.2 Å². The van der Waals surface area contributed by atoms with E-state index in [0.29, 0.717) is 12.4 Å².